The Morgan fingerprint density at radius 2 is 1.87 bits per heavy atom. The Hall–Kier alpha value is -1.98. The van der Waals surface area contributed by atoms with Crippen LogP contribution in [-0.2, 0) is 0 Å². The molecule has 6 heteroatoms. The van der Waals surface area contributed by atoms with E-state index >= 15 is 0 Å². The summed E-state index contributed by atoms with van der Waals surface area (Å²) in [6.45, 7) is 0. The molecule has 2 aromatic rings. The Balaban J connectivity index is 2.62. The zero-order valence-corrected chi connectivity index (χ0v) is 7.39. The van der Waals surface area contributed by atoms with Gasteiger partial charge in [0, 0.05) is 17.7 Å². The molecule has 0 spiro atoms. The first-order valence-electron chi connectivity index (χ1n) is 4.03. The lowest BCUT2D eigenvalue weighted by molar-refractivity contribution is 0.497. The van der Waals surface area contributed by atoms with Crippen LogP contribution in [0, 0.1) is 17.5 Å². The summed E-state index contributed by atoms with van der Waals surface area (Å²) in [5.41, 5.74) is 5.18. The molecule has 0 saturated heterocycles. The quantitative estimate of drug-likeness (QED) is 0.712. The molecule has 1 heterocycles. The molecule has 1 aromatic heterocycles. The molecule has 0 aliphatic heterocycles. The molecule has 0 bridgehead atoms. The second-order valence-electron chi connectivity index (χ2n) is 2.96. The van der Waals surface area contributed by atoms with E-state index in [2.05, 4.69) is 10.2 Å². The first-order chi connectivity index (χ1) is 7.08. The molecule has 3 N–H and O–H groups in total. The number of anilines is 1. The van der Waals surface area contributed by atoms with Crippen LogP contribution in [0.5, 0.6) is 0 Å². The Labute approximate surface area is 82.7 Å². The van der Waals surface area contributed by atoms with Gasteiger partial charge in [-0.15, -0.1) is 0 Å². The number of halogens is 3. The van der Waals surface area contributed by atoms with Crippen molar-refractivity contribution in [3.05, 3.63) is 35.7 Å². The second kappa shape index (κ2) is 3.30. The lowest BCUT2D eigenvalue weighted by atomic mass is 10.1. The number of rotatable bonds is 1. The third kappa shape index (κ3) is 1.65. The van der Waals surface area contributed by atoms with Gasteiger partial charge in [-0.25, -0.2) is 13.2 Å². The van der Waals surface area contributed by atoms with Crippen LogP contribution < -0.4 is 5.73 Å². The van der Waals surface area contributed by atoms with E-state index in [1.54, 1.807) is 0 Å². The molecule has 0 unspecified atom stereocenters. The van der Waals surface area contributed by atoms with Gasteiger partial charge in [-0.1, -0.05) is 0 Å². The monoisotopic (exact) mass is 213 g/mol. The predicted molar refractivity (Wildman–Crippen MR) is 48.3 cm³/mol. The van der Waals surface area contributed by atoms with Crippen LogP contribution in [0.2, 0.25) is 0 Å². The molecule has 15 heavy (non-hydrogen) atoms. The van der Waals surface area contributed by atoms with Crippen molar-refractivity contribution >= 4 is 5.82 Å². The Bertz CT molecular complexity index is 507. The van der Waals surface area contributed by atoms with Gasteiger partial charge < -0.3 is 5.73 Å². The van der Waals surface area contributed by atoms with E-state index < -0.39 is 17.5 Å². The molecule has 0 atom stereocenters. The van der Waals surface area contributed by atoms with Crippen molar-refractivity contribution in [3.63, 3.8) is 0 Å². The summed E-state index contributed by atoms with van der Waals surface area (Å²) in [5.74, 6) is -3.13. The van der Waals surface area contributed by atoms with E-state index in [0.717, 1.165) is 6.07 Å². The molecular formula is C9H6F3N3. The number of aromatic nitrogens is 2. The van der Waals surface area contributed by atoms with Gasteiger partial charge in [0.2, 0.25) is 0 Å². The third-order valence-electron chi connectivity index (χ3n) is 1.88. The Morgan fingerprint density at radius 1 is 1.13 bits per heavy atom. The number of nitrogens with zero attached hydrogens (tertiary/aromatic N) is 1. The van der Waals surface area contributed by atoms with Crippen LogP contribution in [0.15, 0.2) is 18.2 Å². The smallest absolute Gasteiger partial charge is 0.168 e. The van der Waals surface area contributed by atoms with Gasteiger partial charge in [-0.2, -0.15) is 5.10 Å². The highest BCUT2D eigenvalue weighted by molar-refractivity contribution is 5.62. The fourth-order valence-corrected chi connectivity index (χ4v) is 1.23. The largest absolute Gasteiger partial charge is 0.382 e. The molecule has 1 aromatic carbocycles. The predicted octanol–water partition coefficient (Wildman–Crippen LogP) is 2.08. The van der Waals surface area contributed by atoms with Crippen LogP contribution in [0.1, 0.15) is 0 Å². The summed E-state index contributed by atoms with van der Waals surface area (Å²) in [6, 6.07) is 2.63. The fourth-order valence-electron chi connectivity index (χ4n) is 1.23. The molecule has 2 rings (SSSR count). The van der Waals surface area contributed by atoms with Gasteiger partial charge in [0.1, 0.15) is 11.6 Å². The second-order valence-corrected chi connectivity index (χ2v) is 2.96. The lowest BCUT2D eigenvalue weighted by Crippen LogP contribution is -1.92. The van der Waals surface area contributed by atoms with Crippen LogP contribution >= 0.6 is 0 Å². The zero-order valence-electron chi connectivity index (χ0n) is 7.39. The first-order valence-corrected chi connectivity index (χ1v) is 4.03. The van der Waals surface area contributed by atoms with Crippen molar-refractivity contribution in [1.82, 2.24) is 10.2 Å². The van der Waals surface area contributed by atoms with E-state index in [-0.39, 0.29) is 17.1 Å². The summed E-state index contributed by atoms with van der Waals surface area (Å²) < 4.78 is 38.9. The average molecular weight is 213 g/mol. The summed E-state index contributed by atoms with van der Waals surface area (Å²) in [7, 11) is 0. The molecule has 0 radical (unpaired) electrons. The van der Waals surface area contributed by atoms with Gasteiger partial charge in [0.15, 0.2) is 11.6 Å². The first kappa shape index (κ1) is 9.57. The molecule has 0 amide bonds. The molecule has 3 nitrogen and oxygen atoms in total. The van der Waals surface area contributed by atoms with Crippen LogP contribution in [-0.4, -0.2) is 10.2 Å². The number of H-pyrrole nitrogens is 1. The van der Waals surface area contributed by atoms with E-state index in [9.17, 15) is 13.2 Å². The number of aromatic amines is 1. The summed E-state index contributed by atoms with van der Waals surface area (Å²) in [5, 5.41) is 5.90. The maximum absolute atomic E-state index is 13.2. The van der Waals surface area contributed by atoms with Crippen molar-refractivity contribution in [2.75, 3.05) is 5.73 Å². The highest BCUT2D eigenvalue weighted by Crippen LogP contribution is 2.24. The third-order valence-corrected chi connectivity index (χ3v) is 1.88. The number of benzene rings is 1. The van der Waals surface area contributed by atoms with Gasteiger partial charge in [0.05, 0.1) is 5.69 Å². The molecule has 0 fully saturated rings. The van der Waals surface area contributed by atoms with Crippen molar-refractivity contribution < 1.29 is 13.2 Å². The summed E-state index contributed by atoms with van der Waals surface area (Å²) >= 11 is 0. The Morgan fingerprint density at radius 3 is 2.47 bits per heavy atom. The van der Waals surface area contributed by atoms with Crippen molar-refractivity contribution in [2.45, 2.75) is 0 Å². The van der Waals surface area contributed by atoms with Gasteiger partial charge >= 0.3 is 0 Å². The molecule has 0 saturated carbocycles. The van der Waals surface area contributed by atoms with Gasteiger partial charge in [-0.3, -0.25) is 5.10 Å². The van der Waals surface area contributed by atoms with Gasteiger partial charge in [-0.05, 0) is 6.07 Å². The Kier molecular flexibility index (Phi) is 2.11. The molecule has 0 aliphatic rings. The standard InChI is InChI=1S/C9H6F3N3/c10-4-1-5(9(12)6(11)2-4)7-3-8(13)15-14-7/h1-3H,(H3,13,14,15). The molecular weight excluding hydrogens is 207 g/mol. The van der Waals surface area contributed by atoms with Gasteiger partial charge in [0.25, 0.3) is 0 Å². The highest BCUT2D eigenvalue weighted by Gasteiger charge is 2.14. The highest BCUT2D eigenvalue weighted by atomic mass is 19.2. The van der Waals surface area contributed by atoms with E-state index in [4.69, 9.17) is 5.73 Å². The number of hydrogen-bond donors (Lipinski definition) is 2. The normalized spacial score (nSPS) is 10.6. The fraction of sp³-hybridized carbons (Fsp3) is 0. The van der Waals surface area contributed by atoms with E-state index in [1.165, 1.54) is 6.07 Å². The maximum Gasteiger partial charge on any atom is 0.168 e. The van der Waals surface area contributed by atoms with Crippen LogP contribution in [0.4, 0.5) is 19.0 Å². The van der Waals surface area contributed by atoms with Crippen LogP contribution in [0.3, 0.4) is 0 Å². The van der Waals surface area contributed by atoms with E-state index in [1.807, 2.05) is 0 Å². The van der Waals surface area contributed by atoms with Crippen molar-refractivity contribution in [3.8, 4) is 11.3 Å². The van der Waals surface area contributed by atoms with Crippen molar-refractivity contribution in [2.24, 2.45) is 0 Å². The topological polar surface area (TPSA) is 54.7 Å². The number of nitrogens with one attached hydrogen (secondary N) is 1. The minimum atomic E-state index is -1.25. The molecule has 0 aliphatic carbocycles. The van der Waals surface area contributed by atoms with E-state index in [0.29, 0.717) is 6.07 Å². The van der Waals surface area contributed by atoms with Crippen LogP contribution in [0.25, 0.3) is 11.3 Å². The number of nitrogens with two attached hydrogens (primary N) is 1. The lowest BCUT2D eigenvalue weighted by Gasteiger charge is -2.01. The number of nitrogen functional groups attached to an aromatic ring is 1. The maximum atomic E-state index is 13.2. The minimum Gasteiger partial charge on any atom is -0.382 e. The summed E-state index contributed by atoms with van der Waals surface area (Å²) in [6.07, 6.45) is 0. The summed E-state index contributed by atoms with van der Waals surface area (Å²) in [4.78, 5) is 0. The average Bonchev–Trinajstić information content (AvgIpc) is 2.58. The molecule has 78 valence electrons. The zero-order chi connectivity index (χ0) is 11.0. The minimum absolute atomic E-state index is 0.120. The SMILES string of the molecule is Nc1cc(-c2cc(F)cc(F)c2F)[nH]n1. The number of hydrogen-bond acceptors (Lipinski definition) is 2. The van der Waals surface area contributed by atoms with Crippen molar-refractivity contribution in [1.29, 1.82) is 0 Å².